The van der Waals surface area contributed by atoms with Crippen molar-refractivity contribution in [1.82, 2.24) is 0 Å². The van der Waals surface area contributed by atoms with Crippen molar-refractivity contribution >= 4 is 16.1 Å². The fourth-order valence-electron chi connectivity index (χ4n) is 2.42. The van der Waals surface area contributed by atoms with E-state index in [1.807, 2.05) is 6.08 Å². The molecule has 1 aromatic carbocycles. The summed E-state index contributed by atoms with van der Waals surface area (Å²) in [5.41, 5.74) is 0. The normalized spacial score (nSPS) is 12.7. The first-order valence-corrected chi connectivity index (χ1v) is 9.59. The number of hydrogen-bond donors (Lipinski definition) is 0. The summed E-state index contributed by atoms with van der Waals surface area (Å²) in [5.74, 6) is -0.491. The van der Waals surface area contributed by atoms with Gasteiger partial charge in [-0.2, -0.15) is 0 Å². The predicted molar refractivity (Wildman–Crippen MR) is 90.6 cm³/mol. The molecule has 0 unspecified atom stereocenters. The number of allylic oxidation sites excluding steroid dienone is 1. The molecule has 1 atom stereocenters. The first-order chi connectivity index (χ1) is 10.6. The van der Waals surface area contributed by atoms with Crippen LogP contribution in [0.2, 0.25) is 0 Å². The van der Waals surface area contributed by atoms with E-state index in [-0.39, 0.29) is 5.75 Å². The maximum atomic E-state index is 12.2. The van der Waals surface area contributed by atoms with Crippen LogP contribution in [0.4, 0.5) is 0 Å². The minimum absolute atomic E-state index is 0.0863. The number of carbonyl (C=O) groups excluding carboxylic acids is 1. The molecule has 0 bridgehead atoms. The number of benzene rings is 1. The van der Waals surface area contributed by atoms with Gasteiger partial charge in [-0.15, -0.1) is 6.58 Å². The quantitative estimate of drug-likeness (QED) is 0.329. The molecule has 0 heterocycles. The SMILES string of the molecule is C=CCCCCCCC[C@@H](C=O)CS(=O)(=O)c1ccccc1. The Morgan fingerprint density at radius 2 is 1.64 bits per heavy atom. The van der Waals surface area contributed by atoms with E-state index in [0.29, 0.717) is 11.3 Å². The van der Waals surface area contributed by atoms with Crippen molar-refractivity contribution in [2.24, 2.45) is 5.92 Å². The highest BCUT2D eigenvalue weighted by Crippen LogP contribution is 2.17. The minimum atomic E-state index is -3.37. The molecule has 0 saturated carbocycles. The largest absolute Gasteiger partial charge is 0.303 e. The number of hydrogen-bond acceptors (Lipinski definition) is 3. The second-order valence-corrected chi connectivity index (χ2v) is 7.66. The topological polar surface area (TPSA) is 51.2 Å². The van der Waals surface area contributed by atoms with E-state index in [9.17, 15) is 13.2 Å². The molecule has 22 heavy (non-hydrogen) atoms. The summed E-state index contributed by atoms with van der Waals surface area (Å²) in [7, 11) is -3.37. The molecule has 122 valence electrons. The lowest BCUT2D eigenvalue weighted by Gasteiger charge is -2.11. The van der Waals surface area contributed by atoms with Gasteiger partial charge in [0.05, 0.1) is 10.6 Å². The molecule has 0 aliphatic heterocycles. The number of carbonyl (C=O) groups is 1. The molecule has 0 N–H and O–H groups in total. The monoisotopic (exact) mass is 322 g/mol. The molecule has 1 aromatic rings. The van der Waals surface area contributed by atoms with Crippen molar-refractivity contribution in [2.45, 2.75) is 49.8 Å². The number of sulfone groups is 1. The van der Waals surface area contributed by atoms with E-state index in [1.54, 1.807) is 30.3 Å². The number of aldehydes is 1. The molecule has 0 aromatic heterocycles. The summed E-state index contributed by atoms with van der Waals surface area (Å²) in [6, 6.07) is 8.34. The summed E-state index contributed by atoms with van der Waals surface area (Å²) in [4.78, 5) is 11.4. The minimum Gasteiger partial charge on any atom is -0.303 e. The van der Waals surface area contributed by atoms with Crippen LogP contribution in [0.5, 0.6) is 0 Å². The van der Waals surface area contributed by atoms with Gasteiger partial charge in [-0.05, 0) is 31.4 Å². The van der Waals surface area contributed by atoms with Gasteiger partial charge in [-0.25, -0.2) is 8.42 Å². The summed E-state index contributed by atoms with van der Waals surface area (Å²) in [5, 5.41) is 0. The van der Waals surface area contributed by atoms with Crippen LogP contribution in [0.15, 0.2) is 47.9 Å². The Bertz CT molecular complexity index is 535. The van der Waals surface area contributed by atoms with Gasteiger partial charge < -0.3 is 4.79 Å². The summed E-state index contributed by atoms with van der Waals surface area (Å²) >= 11 is 0. The molecule has 0 radical (unpaired) electrons. The van der Waals surface area contributed by atoms with Crippen LogP contribution in [0, 0.1) is 5.92 Å². The highest BCUT2D eigenvalue weighted by Gasteiger charge is 2.20. The van der Waals surface area contributed by atoms with Crippen molar-refractivity contribution < 1.29 is 13.2 Å². The summed E-state index contributed by atoms with van der Waals surface area (Å²) in [6.45, 7) is 3.69. The second-order valence-electron chi connectivity index (χ2n) is 5.62. The van der Waals surface area contributed by atoms with Crippen molar-refractivity contribution in [2.75, 3.05) is 5.75 Å². The number of rotatable bonds is 12. The summed E-state index contributed by atoms with van der Waals surface area (Å²) < 4.78 is 24.5. The van der Waals surface area contributed by atoms with Crippen LogP contribution in [-0.4, -0.2) is 20.5 Å². The zero-order chi connectivity index (χ0) is 16.3. The molecule has 4 heteroatoms. The van der Waals surface area contributed by atoms with Gasteiger partial charge in [0, 0.05) is 5.92 Å². The third kappa shape index (κ3) is 7.03. The van der Waals surface area contributed by atoms with E-state index < -0.39 is 15.8 Å². The average molecular weight is 322 g/mol. The molecule has 0 saturated heterocycles. The van der Waals surface area contributed by atoms with Crippen LogP contribution >= 0.6 is 0 Å². The predicted octanol–water partition coefficient (Wildman–Crippen LogP) is 4.19. The molecular weight excluding hydrogens is 296 g/mol. The van der Waals surface area contributed by atoms with E-state index in [0.717, 1.165) is 38.4 Å². The van der Waals surface area contributed by atoms with Gasteiger partial charge in [0.2, 0.25) is 0 Å². The van der Waals surface area contributed by atoms with Gasteiger partial charge in [0.1, 0.15) is 6.29 Å². The lowest BCUT2D eigenvalue weighted by molar-refractivity contribution is -0.110. The first-order valence-electron chi connectivity index (χ1n) is 7.94. The molecule has 0 aliphatic carbocycles. The van der Waals surface area contributed by atoms with Crippen LogP contribution in [-0.2, 0) is 14.6 Å². The lowest BCUT2D eigenvalue weighted by Crippen LogP contribution is -2.17. The standard InChI is InChI=1S/C18H26O3S/c1-2-3-4-5-6-7-9-12-17(15-19)16-22(20,21)18-13-10-8-11-14-18/h2,8,10-11,13-15,17H,1,3-7,9,12,16H2/t17-/m0/s1. The van der Waals surface area contributed by atoms with Gasteiger partial charge >= 0.3 is 0 Å². The molecular formula is C18H26O3S. The van der Waals surface area contributed by atoms with Crippen LogP contribution < -0.4 is 0 Å². The Labute approximate surface area is 134 Å². The van der Waals surface area contributed by atoms with Crippen molar-refractivity contribution in [1.29, 1.82) is 0 Å². The zero-order valence-corrected chi connectivity index (χ0v) is 13.9. The first kappa shape index (κ1) is 18.6. The smallest absolute Gasteiger partial charge is 0.179 e. The van der Waals surface area contributed by atoms with Crippen LogP contribution in [0.25, 0.3) is 0 Å². The Balaban J connectivity index is 2.36. The molecule has 0 amide bonds. The lowest BCUT2D eigenvalue weighted by atomic mass is 10.0. The van der Waals surface area contributed by atoms with Crippen molar-refractivity contribution in [3.63, 3.8) is 0 Å². The summed E-state index contributed by atoms with van der Waals surface area (Å²) in [6.07, 6.45) is 9.82. The maximum Gasteiger partial charge on any atom is 0.179 e. The fourth-order valence-corrected chi connectivity index (χ4v) is 4.00. The average Bonchev–Trinajstić information content (AvgIpc) is 2.53. The fraction of sp³-hybridized carbons (Fsp3) is 0.500. The van der Waals surface area contributed by atoms with Gasteiger partial charge in [0.25, 0.3) is 0 Å². The molecule has 0 spiro atoms. The second kappa shape index (κ2) is 10.3. The highest BCUT2D eigenvalue weighted by atomic mass is 32.2. The number of unbranched alkanes of at least 4 members (excludes halogenated alkanes) is 5. The molecule has 0 aliphatic rings. The molecule has 3 nitrogen and oxygen atoms in total. The van der Waals surface area contributed by atoms with Gasteiger partial charge in [-0.3, -0.25) is 0 Å². The van der Waals surface area contributed by atoms with E-state index in [2.05, 4.69) is 6.58 Å². The highest BCUT2D eigenvalue weighted by molar-refractivity contribution is 7.91. The zero-order valence-electron chi connectivity index (χ0n) is 13.1. The third-order valence-corrected chi connectivity index (χ3v) is 5.57. The molecule has 0 fully saturated rings. The van der Waals surface area contributed by atoms with Crippen molar-refractivity contribution in [3.05, 3.63) is 43.0 Å². The Kier molecular flexibility index (Phi) is 8.75. The van der Waals surface area contributed by atoms with E-state index in [4.69, 9.17) is 0 Å². The Morgan fingerprint density at radius 3 is 2.27 bits per heavy atom. The van der Waals surface area contributed by atoms with Crippen LogP contribution in [0.3, 0.4) is 0 Å². The maximum absolute atomic E-state index is 12.2. The van der Waals surface area contributed by atoms with Crippen molar-refractivity contribution in [3.8, 4) is 0 Å². The van der Waals surface area contributed by atoms with E-state index in [1.165, 1.54) is 6.42 Å². The molecule has 1 rings (SSSR count). The van der Waals surface area contributed by atoms with Crippen LogP contribution in [0.1, 0.15) is 44.9 Å². The Hall–Kier alpha value is -1.42. The van der Waals surface area contributed by atoms with Gasteiger partial charge in [-0.1, -0.05) is 50.0 Å². The third-order valence-electron chi connectivity index (χ3n) is 3.71. The van der Waals surface area contributed by atoms with E-state index >= 15 is 0 Å². The Morgan fingerprint density at radius 1 is 1.00 bits per heavy atom. The van der Waals surface area contributed by atoms with Gasteiger partial charge in [0.15, 0.2) is 9.84 Å².